The summed E-state index contributed by atoms with van der Waals surface area (Å²) in [7, 11) is 1.62. The summed E-state index contributed by atoms with van der Waals surface area (Å²) in [6, 6.07) is 50.2. The monoisotopic (exact) mass is 788 g/mol. The second kappa shape index (κ2) is 20.6. The van der Waals surface area contributed by atoms with Gasteiger partial charge in [-0.15, -0.1) is 0 Å². The SMILES string of the molecule is CO[C@H]1O[C@H](COC2C[C@@H](OCc3ccccc3)[C@@H]3O[C@H](c4ccccc4)OC[C@H]3O2)[C@@H](OCc2ccccc2)[C@H](OCc2ccccc2)[C@H]1OCc1ccccc1. The van der Waals surface area contributed by atoms with Gasteiger partial charge >= 0.3 is 0 Å². The Labute approximate surface area is 340 Å². The van der Waals surface area contributed by atoms with Gasteiger partial charge in [-0.2, -0.15) is 0 Å². The topological polar surface area (TPSA) is 92.3 Å². The van der Waals surface area contributed by atoms with Crippen LogP contribution in [0.5, 0.6) is 0 Å². The van der Waals surface area contributed by atoms with E-state index in [1.54, 1.807) is 7.11 Å². The van der Waals surface area contributed by atoms with E-state index in [-0.39, 0.29) is 18.8 Å². The Morgan fingerprint density at radius 3 is 1.52 bits per heavy atom. The lowest BCUT2D eigenvalue weighted by Crippen LogP contribution is -2.62. The molecule has 0 N–H and O–H groups in total. The summed E-state index contributed by atoms with van der Waals surface area (Å²) >= 11 is 0. The lowest BCUT2D eigenvalue weighted by atomic mass is 9.97. The Balaban J connectivity index is 1.02. The van der Waals surface area contributed by atoms with Crippen molar-refractivity contribution in [3.63, 3.8) is 0 Å². The first kappa shape index (κ1) is 40.5. The lowest BCUT2D eigenvalue weighted by Gasteiger charge is -2.47. The second-order valence-electron chi connectivity index (χ2n) is 14.7. The van der Waals surface area contributed by atoms with Gasteiger partial charge < -0.3 is 47.4 Å². The van der Waals surface area contributed by atoms with Gasteiger partial charge in [0.05, 0.1) is 45.7 Å². The summed E-state index contributed by atoms with van der Waals surface area (Å²) < 4.78 is 65.4. The molecule has 10 heteroatoms. The van der Waals surface area contributed by atoms with Gasteiger partial charge in [-0.05, 0) is 22.3 Å². The van der Waals surface area contributed by atoms with Crippen molar-refractivity contribution < 1.29 is 47.4 Å². The molecular formula is C48H52O10. The smallest absolute Gasteiger partial charge is 0.186 e. The van der Waals surface area contributed by atoms with E-state index < -0.39 is 49.4 Å². The van der Waals surface area contributed by atoms with Crippen molar-refractivity contribution in [2.24, 2.45) is 0 Å². The molecule has 3 aliphatic rings. The summed E-state index contributed by atoms with van der Waals surface area (Å²) in [6.45, 7) is 1.87. The average Bonchev–Trinajstić information content (AvgIpc) is 3.29. The minimum Gasteiger partial charge on any atom is -0.371 e. The van der Waals surface area contributed by atoms with Gasteiger partial charge in [-0.1, -0.05) is 152 Å². The molecule has 0 spiro atoms. The molecule has 0 aromatic heterocycles. The van der Waals surface area contributed by atoms with Crippen molar-refractivity contribution in [2.75, 3.05) is 20.3 Å². The van der Waals surface area contributed by atoms with Gasteiger partial charge in [0.15, 0.2) is 18.9 Å². The van der Waals surface area contributed by atoms with Crippen molar-refractivity contribution in [1.29, 1.82) is 0 Å². The van der Waals surface area contributed by atoms with Crippen LogP contribution in [0.3, 0.4) is 0 Å². The highest BCUT2D eigenvalue weighted by Gasteiger charge is 2.50. The van der Waals surface area contributed by atoms with Crippen LogP contribution in [0.4, 0.5) is 0 Å². The molecule has 3 fully saturated rings. The molecule has 8 rings (SSSR count). The molecule has 0 radical (unpaired) electrons. The zero-order valence-corrected chi connectivity index (χ0v) is 32.7. The molecule has 0 amide bonds. The van der Waals surface area contributed by atoms with Crippen LogP contribution >= 0.6 is 0 Å². The molecule has 5 aromatic carbocycles. The third-order valence-electron chi connectivity index (χ3n) is 10.7. The van der Waals surface area contributed by atoms with Gasteiger partial charge in [0.25, 0.3) is 0 Å². The first-order chi connectivity index (χ1) is 28.7. The fourth-order valence-corrected chi connectivity index (χ4v) is 7.67. The normalized spacial score (nSPS) is 28.4. The van der Waals surface area contributed by atoms with E-state index in [2.05, 4.69) is 12.1 Å². The highest BCUT2D eigenvalue weighted by atomic mass is 16.8. The van der Waals surface area contributed by atoms with Crippen molar-refractivity contribution in [3.8, 4) is 0 Å². The molecular weight excluding hydrogens is 737 g/mol. The van der Waals surface area contributed by atoms with Gasteiger partial charge in [-0.25, -0.2) is 0 Å². The highest BCUT2D eigenvalue weighted by Crippen LogP contribution is 2.37. The Bertz CT molecular complexity index is 1900. The van der Waals surface area contributed by atoms with Crippen molar-refractivity contribution in [2.45, 2.75) is 94.4 Å². The minimum atomic E-state index is -0.775. The Morgan fingerprint density at radius 1 is 0.500 bits per heavy atom. The molecule has 304 valence electrons. The van der Waals surface area contributed by atoms with E-state index in [0.717, 1.165) is 27.8 Å². The van der Waals surface area contributed by atoms with Crippen molar-refractivity contribution in [1.82, 2.24) is 0 Å². The molecule has 3 heterocycles. The van der Waals surface area contributed by atoms with Gasteiger partial charge in [0.2, 0.25) is 0 Å². The third-order valence-corrected chi connectivity index (χ3v) is 10.7. The molecule has 1 unspecified atom stereocenters. The van der Waals surface area contributed by atoms with Crippen molar-refractivity contribution >= 4 is 0 Å². The Hall–Kier alpha value is -4.30. The summed E-state index contributed by atoms with van der Waals surface area (Å²) in [5.41, 5.74) is 5.08. The quantitative estimate of drug-likeness (QED) is 0.0925. The van der Waals surface area contributed by atoms with E-state index in [0.29, 0.717) is 39.5 Å². The summed E-state index contributed by atoms with van der Waals surface area (Å²) in [4.78, 5) is 0. The van der Waals surface area contributed by atoms with Crippen LogP contribution in [0.2, 0.25) is 0 Å². The van der Waals surface area contributed by atoms with Crippen LogP contribution in [0.25, 0.3) is 0 Å². The van der Waals surface area contributed by atoms with Gasteiger partial charge in [0.1, 0.15) is 36.6 Å². The third kappa shape index (κ3) is 10.7. The van der Waals surface area contributed by atoms with E-state index in [1.807, 2.05) is 140 Å². The Morgan fingerprint density at radius 2 is 0.983 bits per heavy atom. The molecule has 10 nitrogen and oxygen atoms in total. The maximum atomic E-state index is 6.78. The fraction of sp³-hybridized carbons (Fsp3) is 0.375. The number of hydrogen-bond donors (Lipinski definition) is 0. The zero-order valence-electron chi connectivity index (χ0n) is 32.7. The summed E-state index contributed by atoms with van der Waals surface area (Å²) in [5.74, 6) is 0. The fourth-order valence-electron chi connectivity index (χ4n) is 7.67. The predicted octanol–water partition coefficient (Wildman–Crippen LogP) is 7.95. The second-order valence-corrected chi connectivity index (χ2v) is 14.7. The number of methoxy groups -OCH3 is 1. The predicted molar refractivity (Wildman–Crippen MR) is 215 cm³/mol. The number of benzene rings is 5. The average molecular weight is 789 g/mol. The molecule has 58 heavy (non-hydrogen) atoms. The zero-order chi connectivity index (χ0) is 39.4. The largest absolute Gasteiger partial charge is 0.371 e. The van der Waals surface area contributed by atoms with Crippen LogP contribution < -0.4 is 0 Å². The molecule has 3 saturated heterocycles. The maximum Gasteiger partial charge on any atom is 0.186 e. The first-order valence-corrected chi connectivity index (χ1v) is 20.1. The number of ether oxygens (including phenoxy) is 10. The van der Waals surface area contributed by atoms with Crippen LogP contribution in [-0.4, -0.2) is 75.6 Å². The van der Waals surface area contributed by atoms with Crippen LogP contribution in [0, 0.1) is 0 Å². The van der Waals surface area contributed by atoms with E-state index >= 15 is 0 Å². The van der Waals surface area contributed by atoms with Crippen LogP contribution in [0.15, 0.2) is 152 Å². The van der Waals surface area contributed by atoms with Crippen LogP contribution in [-0.2, 0) is 73.8 Å². The summed E-state index contributed by atoms with van der Waals surface area (Å²) in [5, 5.41) is 0. The molecule has 0 aliphatic carbocycles. The van der Waals surface area contributed by atoms with Crippen LogP contribution in [0.1, 0.15) is 40.5 Å². The number of fused-ring (bicyclic) bond motifs is 1. The lowest BCUT2D eigenvalue weighted by molar-refractivity contribution is -0.354. The van der Waals surface area contributed by atoms with E-state index in [1.165, 1.54) is 0 Å². The van der Waals surface area contributed by atoms with Gasteiger partial charge in [0, 0.05) is 19.1 Å². The van der Waals surface area contributed by atoms with Gasteiger partial charge in [-0.3, -0.25) is 0 Å². The maximum absolute atomic E-state index is 6.78. The number of rotatable bonds is 17. The van der Waals surface area contributed by atoms with Crippen molar-refractivity contribution in [3.05, 3.63) is 179 Å². The molecule has 0 bridgehead atoms. The first-order valence-electron chi connectivity index (χ1n) is 20.1. The highest BCUT2D eigenvalue weighted by molar-refractivity contribution is 5.18. The standard InChI is InChI=1S/C48H52O10/c1-49-48-46(54-31-37-23-13-5-14-24-37)45(53-30-36-21-11-4-12-22-36)44(52-29-35-19-9-3-10-20-35)41(57-48)32-51-42-27-39(50-28-34-17-7-2-8-18-34)43-40(56-42)33-55-47(58-43)38-25-15-6-16-26-38/h2-26,39-48H,27-33H2,1H3/t39-,40-,41-,42?,43+,44-,45+,46-,47-,48+/m1/s1. The molecule has 0 saturated carbocycles. The molecule has 10 atom stereocenters. The molecule has 3 aliphatic heterocycles. The Kier molecular flexibility index (Phi) is 14.4. The summed E-state index contributed by atoms with van der Waals surface area (Å²) in [6.07, 6.45) is -5.06. The van der Waals surface area contributed by atoms with E-state index in [4.69, 9.17) is 47.4 Å². The number of hydrogen-bond acceptors (Lipinski definition) is 10. The molecule has 5 aromatic rings. The van der Waals surface area contributed by atoms with E-state index in [9.17, 15) is 0 Å². The minimum absolute atomic E-state index is 0.123.